The van der Waals surface area contributed by atoms with Crippen molar-refractivity contribution in [2.75, 3.05) is 7.11 Å². The van der Waals surface area contributed by atoms with Crippen LogP contribution in [0, 0.1) is 17.8 Å². The monoisotopic (exact) mass is 285 g/mol. The number of ether oxygens (including phenoxy) is 1. The fourth-order valence-corrected chi connectivity index (χ4v) is 4.71. The van der Waals surface area contributed by atoms with Gasteiger partial charge in [-0.2, -0.15) is 0 Å². The van der Waals surface area contributed by atoms with Crippen molar-refractivity contribution in [1.29, 1.82) is 0 Å². The van der Waals surface area contributed by atoms with E-state index >= 15 is 0 Å². The van der Waals surface area contributed by atoms with Crippen LogP contribution in [-0.4, -0.2) is 18.9 Å². The van der Waals surface area contributed by atoms with Gasteiger partial charge in [0.15, 0.2) is 0 Å². The first kappa shape index (κ1) is 14.6. The quantitative estimate of drug-likeness (QED) is 0.736. The fraction of sp³-hybridized carbons (Fsp3) is 0.632. The third-order valence-electron chi connectivity index (χ3n) is 5.20. The van der Waals surface area contributed by atoms with Crippen LogP contribution in [0.2, 0.25) is 0 Å². The molecule has 2 unspecified atom stereocenters. The lowest BCUT2D eigenvalue weighted by atomic mass is 9.61. The lowest BCUT2D eigenvalue weighted by molar-refractivity contribution is 0.0858. The molecule has 2 heteroatoms. The average molecular weight is 285 g/mol. The number of benzene rings is 1. The van der Waals surface area contributed by atoms with Crippen molar-refractivity contribution in [3.63, 3.8) is 0 Å². The van der Waals surface area contributed by atoms with Crippen molar-refractivity contribution < 1.29 is 4.74 Å². The van der Waals surface area contributed by atoms with E-state index in [2.05, 4.69) is 32.2 Å². The number of hydrogen-bond donors (Lipinski definition) is 0. The predicted molar refractivity (Wildman–Crippen MR) is 88.2 cm³/mol. The molecule has 0 aliphatic heterocycles. The minimum atomic E-state index is 0.208. The normalized spacial score (nSPS) is 35.9. The number of methoxy groups -OCH3 is 1. The molecule has 21 heavy (non-hydrogen) atoms. The van der Waals surface area contributed by atoms with Crippen molar-refractivity contribution in [3.8, 4) is 5.75 Å². The molecule has 0 spiro atoms. The van der Waals surface area contributed by atoms with Gasteiger partial charge in [0, 0.05) is 6.21 Å². The number of hydrogen-bond acceptors (Lipinski definition) is 2. The Morgan fingerprint density at radius 3 is 2.24 bits per heavy atom. The molecule has 2 bridgehead atoms. The highest BCUT2D eigenvalue weighted by molar-refractivity contribution is 5.80. The second kappa shape index (κ2) is 5.82. The molecule has 1 aromatic rings. The van der Waals surface area contributed by atoms with Crippen LogP contribution in [0.1, 0.15) is 51.5 Å². The molecule has 0 heterocycles. The SMILES string of the molecule is COc1ccc(C=NC23CC(C)CC(CC(C)C2)C3)cc1. The lowest BCUT2D eigenvalue weighted by Gasteiger charge is -2.47. The Labute approximate surface area is 128 Å². The third kappa shape index (κ3) is 3.30. The van der Waals surface area contributed by atoms with Gasteiger partial charge in [0.2, 0.25) is 0 Å². The Bertz CT molecular complexity index is 485. The molecule has 3 rings (SSSR count). The van der Waals surface area contributed by atoms with E-state index in [0.717, 1.165) is 23.5 Å². The molecule has 2 aliphatic rings. The van der Waals surface area contributed by atoms with E-state index in [4.69, 9.17) is 9.73 Å². The molecule has 114 valence electrons. The van der Waals surface area contributed by atoms with E-state index in [0.29, 0.717) is 0 Å². The van der Waals surface area contributed by atoms with Gasteiger partial charge in [0.1, 0.15) is 5.75 Å². The van der Waals surface area contributed by atoms with E-state index in [9.17, 15) is 0 Å². The summed E-state index contributed by atoms with van der Waals surface area (Å²) in [5, 5.41) is 0. The van der Waals surface area contributed by atoms with Crippen molar-refractivity contribution in [3.05, 3.63) is 29.8 Å². The Morgan fingerprint density at radius 1 is 1.05 bits per heavy atom. The first-order chi connectivity index (χ1) is 10.1. The maximum Gasteiger partial charge on any atom is 0.118 e. The zero-order valence-electron chi connectivity index (χ0n) is 13.5. The van der Waals surface area contributed by atoms with Crippen LogP contribution in [0.4, 0.5) is 0 Å². The summed E-state index contributed by atoms with van der Waals surface area (Å²) in [4.78, 5) is 5.10. The minimum Gasteiger partial charge on any atom is -0.497 e. The van der Waals surface area contributed by atoms with E-state index in [1.165, 1.54) is 37.7 Å². The molecule has 0 aromatic heterocycles. The van der Waals surface area contributed by atoms with Gasteiger partial charge in [-0.1, -0.05) is 13.8 Å². The van der Waals surface area contributed by atoms with Gasteiger partial charge in [-0.3, -0.25) is 4.99 Å². The van der Waals surface area contributed by atoms with E-state index in [1.807, 2.05) is 12.1 Å². The molecule has 0 radical (unpaired) electrons. The Kier molecular flexibility index (Phi) is 4.05. The summed E-state index contributed by atoms with van der Waals surface area (Å²) in [5.74, 6) is 3.45. The molecule has 2 aliphatic carbocycles. The van der Waals surface area contributed by atoms with Gasteiger partial charge < -0.3 is 4.74 Å². The van der Waals surface area contributed by atoms with Gasteiger partial charge in [0.25, 0.3) is 0 Å². The van der Waals surface area contributed by atoms with Gasteiger partial charge in [-0.05, 0) is 79.7 Å². The van der Waals surface area contributed by atoms with E-state index in [-0.39, 0.29) is 5.54 Å². The summed E-state index contributed by atoms with van der Waals surface area (Å²) in [6, 6.07) is 8.20. The maximum absolute atomic E-state index is 5.21. The molecular weight excluding hydrogens is 258 g/mol. The van der Waals surface area contributed by atoms with Gasteiger partial charge in [0.05, 0.1) is 12.6 Å². The molecule has 0 amide bonds. The summed E-state index contributed by atoms with van der Waals surface area (Å²) >= 11 is 0. The van der Waals surface area contributed by atoms with E-state index in [1.54, 1.807) is 7.11 Å². The van der Waals surface area contributed by atoms with Crippen LogP contribution in [-0.2, 0) is 0 Å². The van der Waals surface area contributed by atoms with Crippen molar-refractivity contribution in [2.24, 2.45) is 22.7 Å². The average Bonchev–Trinajstić information content (AvgIpc) is 2.44. The molecule has 1 aromatic carbocycles. The van der Waals surface area contributed by atoms with Crippen molar-refractivity contribution >= 4 is 6.21 Å². The second-order valence-corrected chi connectivity index (χ2v) is 7.42. The molecule has 2 fully saturated rings. The predicted octanol–water partition coefficient (Wildman–Crippen LogP) is 4.72. The summed E-state index contributed by atoms with van der Waals surface area (Å²) in [5.41, 5.74) is 1.39. The minimum absolute atomic E-state index is 0.208. The van der Waals surface area contributed by atoms with E-state index < -0.39 is 0 Å². The molecule has 2 nitrogen and oxygen atoms in total. The molecule has 0 saturated heterocycles. The van der Waals surface area contributed by atoms with Gasteiger partial charge >= 0.3 is 0 Å². The number of rotatable bonds is 3. The number of fused-ring (bicyclic) bond motifs is 2. The number of aliphatic imine (C=N–C) groups is 1. The number of nitrogens with zero attached hydrogens (tertiary/aromatic N) is 1. The topological polar surface area (TPSA) is 21.6 Å². The fourth-order valence-electron chi connectivity index (χ4n) is 4.71. The Hall–Kier alpha value is -1.31. The summed E-state index contributed by atoms with van der Waals surface area (Å²) in [7, 11) is 1.70. The Balaban J connectivity index is 1.78. The van der Waals surface area contributed by atoms with Gasteiger partial charge in [-0.25, -0.2) is 0 Å². The van der Waals surface area contributed by atoms with Crippen LogP contribution in [0.25, 0.3) is 0 Å². The van der Waals surface area contributed by atoms with Crippen molar-refractivity contribution in [2.45, 2.75) is 51.5 Å². The zero-order chi connectivity index (χ0) is 14.9. The standard InChI is InChI=1S/C19H27NO/c1-14-8-17-9-15(2)11-19(10-14,12-17)20-13-16-4-6-18(21-3)7-5-16/h4-7,13-15,17H,8-12H2,1-3H3. The maximum atomic E-state index is 5.21. The highest BCUT2D eigenvalue weighted by atomic mass is 16.5. The van der Waals surface area contributed by atoms with Gasteiger partial charge in [-0.15, -0.1) is 0 Å². The summed E-state index contributed by atoms with van der Waals surface area (Å²) < 4.78 is 5.21. The summed E-state index contributed by atoms with van der Waals surface area (Å²) in [6.45, 7) is 4.81. The Morgan fingerprint density at radius 2 is 1.67 bits per heavy atom. The zero-order valence-corrected chi connectivity index (χ0v) is 13.5. The highest BCUT2D eigenvalue weighted by Crippen LogP contribution is 2.49. The third-order valence-corrected chi connectivity index (χ3v) is 5.20. The highest BCUT2D eigenvalue weighted by Gasteiger charge is 2.43. The molecule has 2 atom stereocenters. The van der Waals surface area contributed by atoms with Crippen LogP contribution in [0.15, 0.2) is 29.3 Å². The largest absolute Gasteiger partial charge is 0.497 e. The molecule has 2 saturated carbocycles. The van der Waals surface area contributed by atoms with Crippen LogP contribution in [0.3, 0.4) is 0 Å². The molecular formula is C19H27NO. The van der Waals surface area contributed by atoms with Crippen LogP contribution >= 0.6 is 0 Å². The van der Waals surface area contributed by atoms with Crippen molar-refractivity contribution in [1.82, 2.24) is 0 Å². The lowest BCUT2D eigenvalue weighted by Crippen LogP contribution is -2.43. The smallest absolute Gasteiger partial charge is 0.118 e. The molecule has 0 N–H and O–H groups in total. The van der Waals surface area contributed by atoms with Crippen LogP contribution < -0.4 is 4.74 Å². The first-order valence-electron chi connectivity index (χ1n) is 8.28. The van der Waals surface area contributed by atoms with Crippen LogP contribution in [0.5, 0.6) is 5.75 Å². The summed E-state index contributed by atoms with van der Waals surface area (Å²) in [6.07, 6.45) is 8.73. The first-order valence-corrected chi connectivity index (χ1v) is 8.28. The second-order valence-electron chi connectivity index (χ2n) is 7.42.